The van der Waals surface area contributed by atoms with E-state index in [1.165, 1.54) is 0 Å². The second-order valence-corrected chi connectivity index (χ2v) is 5.22. The van der Waals surface area contributed by atoms with E-state index in [0.717, 1.165) is 5.56 Å². The molecule has 0 aromatic heterocycles. The maximum Gasteiger partial charge on any atom is 0.431 e. The van der Waals surface area contributed by atoms with Crippen LogP contribution in [0.3, 0.4) is 0 Å². The van der Waals surface area contributed by atoms with Crippen molar-refractivity contribution in [2.24, 2.45) is 0 Å². The highest BCUT2D eigenvalue weighted by Crippen LogP contribution is 2.08. The average Bonchev–Trinajstić information content (AvgIpc) is 2.33. The van der Waals surface area contributed by atoms with Gasteiger partial charge in [-0.3, -0.25) is 4.84 Å². The molecule has 0 fully saturated rings. The summed E-state index contributed by atoms with van der Waals surface area (Å²) in [7, 11) is 0. The molecule has 0 heterocycles. The third kappa shape index (κ3) is 6.79. The van der Waals surface area contributed by atoms with Gasteiger partial charge in [0.05, 0.1) is 6.61 Å². The quantitative estimate of drug-likeness (QED) is 0.801. The monoisotopic (exact) mass is 267 g/mol. The third-order valence-corrected chi connectivity index (χ3v) is 2.22. The predicted molar refractivity (Wildman–Crippen MR) is 71.5 cm³/mol. The molecule has 0 saturated heterocycles. The van der Waals surface area contributed by atoms with Crippen LogP contribution >= 0.6 is 0 Å². The Bertz CT molecular complexity index is 386. The maximum absolute atomic E-state index is 11.4. The van der Waals surface area contributed by atoms with E-state index in [4.69, 9.17) is 9.57 Å². The van der Waals surface area contributed by atoms with Crippen LogP contribution in [0.2, 0.25) is 0 Å². The van der Waals surface area contributed by atoms with E-state index in [0.29, 0.717) is 6.42 Å². The molecule has 0 aliphatic rings. The van der Waals surface area contributed by atoms with Gasteiger partial charge in [0.1, 0.15) is 11.7 Å². The van der Waals surface area contributed by atoms with Crippen molar-refractivity contribution in [3.8, 4) is 0 Å². The number of ether oxygens (including phenoxy) is 1. The zero-order valence-electron chi connectivity index (χ0n) is 11.6. The van der Waals surface area contributed by atoms with Gasteiger partial charge in [0.15, 0.2) is 0 Å². The van der Waals surface area contributed by atoms with E-state index in [1.807, 2.05) is 30.3 Å². The van der Waals surface area contributed by atoms with Gasteiger partial charge in [0.2, 0.25) is 0 Å². The topological polar surface area (TPSA) is 67.8 Å². The first-order valence-corrected chi connectivity index (χ1v) is 6.20. The predicted octanol–water partition coefficient (Wildman–Crippen LogP) is 2.05. The van der Waals surface area contributed by atoms with Crippen molar-refractivity contribution in [1.29, 1.82) is 0 Å². The van der Waals surface area contributed by atoms with Gasteiger partial charge in [0, 0.05) is 6.42 Å². The zero-order valence-corrected chi connectivity index (χ0v) is 11.6. The van der Waals surface area contributed by atoms with Crippen molar-refractivity contribution in [3.63, 3.8) is 0 Å². The lowest BCUT2D eigenvalue weighted by Crippen LogP contribution is -2.37. The second-order valence-electron chi connectivity index (χ2n) is 5.22. The number of aliphatic hydroxyl groups excluding tert-OH is 1. The smallest absolute Gasteiger partial charge is 0.431 e. The van der Waals surface area contributed by atoms with Gasteiger partial charge in [-0.1, -0.05) is 30.3 Å². The molecular weight excluding hydrogens is 246 g/mol. The van der Waals surface area contributed by atoms with Crippen molar-refractivity contribution < 1.29 is 19.5 Å². The minimum atomic E-state index is -0.668. The van der Waals surface area contributed by atoms with E-state index in [-0.39, 0.29) is 6.61 Å². The molecule has 0 saturated carbocycles. The summed E-state index contributed by atoms with van der Waals surface area (Å²) in [6, 6.07) is 9.59. The molecule has 1 aromatic rings. The molecule has 5 nitrogen and oxygen atoms in total. The fourth-order valence-corrected chi connectivity index (χ4v) is 1.45. The molecule has 1 rings (SSSR count). The van der Waals surface area contributed by atoms with Gasteiger partial charge in [-0.15, -0.1) is 0 Å². The molecule has 0 spiro atoms. The summed E-state index contributed by atoms with van der Waals surface area (Å²) in [6.45, 7) is 5.10. The highest BCUT2D eigenvalue weighted by Gasteiger charge is 2.18. The fourth-order valence-electron chi connectivity index (χ4n) is 1.45. The molecule has 0 bridgehead atoms. The number of hydrogen-bond acceptors (Lipinski definition) is 4. The number of benzene rings is 1. The number of carbonyl (C=O) groups excluding carboxylic acids is 1. The molecule has 5 heteroatoms. The standard InChI is InChI=1S/C14H21NO4/c1-14(2,3)18-13(17)15-19-12(10-16)9-11-7-5-4-6-8-11/h4-8,12,16H,9-10H2,1-3H3,(H,15,17)/t12-/m1/s1. The molecular formula is C14H21NO4. The first kappa shape index (κ1) is 15.5. The Hall–Kier alpha value is -1.59. The molecule has 106 valence electrons. The van der Waals surface area contributed by atoms with Crippen LogP contribution in [0.1, 0.15) is 26.3 Å². The molecule has 19 heavy (non-hydrogen) atoms. The Kier molecular flexibility index (Phi) is 5.79. The minimum absolute atomic E-state index is 0.190. The normalized spacial score (nSPS) is 12.8. The number of hydrogen-bond donors (Lipinski definition) is 2. The number of rotatable bonds is 5. The van der Waals surface area contributed by atoms with Gasteiger partial charge in [-0.2, -0.15) is 5.48 Å². The van der Waals surface area contributed by atoms with Gasteiger partial charge < -0.3 is 9.84 Å². The summed E-state index contributed by atoms with van der Waals surface area (Å²) in [5.41, 5.74) is 2.63. The molecule has 0 unspecified atom stereocenters. The Balaban J connectivity index is 2.39. The lowest BCUT2D eigenvalue weighted by Gasteiger charge is -2.21. The molecule has 0 aliphatic heterocycles. The first-order chi connectivity index (χ1) is 8.90. The Morgan fingerprint density at radius 1 is 1.32 bits per heavy atom. The van der Waals surface area contributed by atoms with Gasteiger partial charge in [-0.05, 0) is 26.3 Å². The maximum atomic E-state index is 11.4. The van der Waals surface area contributed by atoms with E-state index < -0.39 is 17.8 Å². The van der Waals surface area contributed by atoms with Crippen LogP contribution < -0.4 is 5.48 Å². The van der Waals surface area contributed by atoms with E-state index in [1.54, 1.807) is 20.8 Å². The molecule has 0 radical (unpaired) electrons. The molecule has 1 atom stereocenters. The van der Waals surface area contributed by atoms with Crippen LogP contribution in [0.25, 0.3) is 0 Å². The van der Waals surface area contributed by atoms with Crippen molar-refractivity contribution in [2.45, 2.75) is 38.9 Å². The lowest BCUT2D eigenvalue weighted by atomic mass is 10.1. The number of nitrogens with one attached hydrogen (secondary N) is 1. The fraction of sp³-hybridized carbons (Fsp3) is 0.500. The van der Waals surface area contributed by atoms with Crippen LogP contribution in [0.15, 0.2) is 30.3 Å². The van der Waals surface area contributed by atoms with Gasteiger partial charge in [-0.25, -0.2) is 4.79 Å². The largest absolute Gasteiger partial charge is 0.442 e. The van der Waals surface area contributed by atoms with E-state index in [9.17, 15) is 9.90 Å². The van der Waals surface area contributed by atoms with Crippen LogP contribution in [0.4, 0.5) is 4.79 Å². The zero-order chi connectivity index (χ0) is 14.3. The highest BCUT2D eigenvalue weighted by atomic mass is 16.7. The molecule has 2 N–H and O–H groups in total. The Morgan fingerprint density at radius 2 is 1.95 bits per heavy atom. The summed E-state index contributed by atoms with van der Waals surface area (Å²) in [4.78, 5) is 16.5. The van der Waals surface area contributed by atoms with Crippen molar-refractivity contribution in [3.05, 3.63) is 35.9 Å². The number of aliphatic hydroxyl groups is 1. The van der Waals surface area contributed by atoms with Crippen LogP contribution in [0, 0.1) is 0 Å². The van der Waals surface area contributed by atoms with Gasteiger partial charge >= 0.3 is 6.09 Å². The minimum Gasteiger partial charge on any atom is -0.442 e. The first-order valence-electron chi connectivity index (χ1n) is 6.20. The van der Waals surface area contributed by atoms with Crippen LogP contribution in [0.5, 0.6) is 0 Å². The summed E-state index contributed by atoms with van der Waals surface area (Å²) < 4.78 is 5.03. The van der Waals surface area contributed by atoms with Crippen molar-refractivity contribution in [2.75, 3.05) is 6.61 Å². The summed E-state index contributed by atoms with van der Waals surface area (Å²) in [6.07, 6.45) is -0.665. The van der Waals surface area contributed by atoms with Crippen molar-refractivity contribution in [1.82, 2.24) is 5.48 Å². The molecule has 1 amide bonds. The second kappa shape index (κ2) is 7.11. The lowest BCUT2D eigenvalue weighted by molar-refractivity contribution is -0.0588. The summed E-state index contributed by atoms with van der Waals surface area (Å²) in [5.74, 6) is 0. The Labute approximate surface area is 113 Å². The van der Waals surface area contributed by atoms with E-state index in [2.05, 4.69) is 5.48 Å². The van der Waals surface area contributed by atoms with Crippen molar-refractivity contribution >= 4 is 6.09 Å². The third-order valence-electron chi connectivity index (χ3n) is 2.22. The highest BCUT2D eigenvalue weighted by molar-refractivity contribution is 5.66. The summed E-state index contributed by atoms with van der Waals surface area (Å²) in [5, 5.41) is 9.22. The number of amides is 1. The number of carbonyl (C=O) groups is 1. The van der Waals surface area contributed by atoms with Crippen LogP contribution in [-0.2, 0) is 16.0 Å². The SMILES string of the molecule is CC(C)(C)OC(=O)NO[C@@H](CO)Cc1ccccc1. The van der Waals surface area contributed by atoms with E-state index >= 15 is 0 Å². The van der Waals surface area contributed by atoms with Crippen LogP contribution in [-0.4, -0.2) is 29.5 Å². The molecule has 0 aliphatic carbocycles. The average molecular weight is 267 g/mol. The molecule has 1 aromatic carbocycles. The van der Waals surface area contributed by atoms with Gasteiger partial charge in [0.25, 0.3) is 0 Å². The summed E-state index contributed by atoms with van der Waals surface area (Å²) >= 11 is 0. The Morgan fingerprint density at radius 3 is 2.47 bits per heavy atom. The number of hydroxylamine groups is 1.